The number of rotatable bonds is 8. The number of aromatic nitrogens is 1. The number of hydrogen-bond donors (Lipinski definition) is 3. The number of carbonyl (C=O) groups is 1. The molecule has 2 atom stereocenters. The van der Waals surface area contributed by atoms with E-state index in [4.69, 9.17) is 10.1 Å². The van der Waals surface area contributed by atoms with Crippen LogP contribution < -0.4 is 15.4 Å². The fourth-order valence-corrected chi connectivity index (χ4v) is 4.25. The Hall–Kier alpha value is -3.70. The van der Waals surface area contributed by atoms with Crippen LogP contribution >= 0.6 is 0 Å². The first-order valence-electron chi connectivity index (χ1n) is 11.4. The molecule has 2 heterocycles. The third-order valence-corrected chi connectivity index (χ3v) is 6.08. The summed E-state index contributed by atoms with van der Waals surface area (Å²) in [7, 11) is 3.05. The molecule has 3 N–H and O–H groups in total. The number of pyridine rings is 1. The van der Waals surface area contributed by atoms with Crippen LogP contribution in [0.3, 0.4) is 0 Å². The standard InChI is InChI=1S/C25H28F5N5O2/c1-15-10-24(26,27)14-35(20(15)13-34-21-8-7-17(11-33-21)25(28,29)30)23(36)22(31)19(12-32-2)16-5-4-6-18(9-16)37-3/h4-9,11-12,15,20,31-32H,10,13-14H2,1-3H3,(H,33,34)/b19-12-,31-22?/t15-,20-/m1/s1. The third kappa shape index (κ3) is 6.75. The van der Waals surface area contributed by atoms with Gasteiger partial charge in [0.15, 0.2) is 0 Å². The van der Waals surface area contributed by atoms with Crippen LogP contribution in [0.1, 0.15) is 24.5 Å². The van der Waals surface area contributed by atoms with Crippen molar-refractivity contribution < 1.29 is 31.5 Å². The Morgan fingerprint density at radius 3 is 2.62 bits per heavy atom. The van der Waals surface area contributed by atoms with E-state index in [0.717, 1.165) is 17.0 Å². The van der Waals surface area contributed by atoms with E-state index in [9.17, 15) is 26.7 Å². The van der Waals surface area contributed by atoms with Crippen molar-refractivity contribution in [2.24, 2.45) is 5.92 Å². The van der Waals surface area contributed by atoms with Crippen LogP contribution in [0.15, 0.2) is 48.8 Å². The molecule has 1 fully saturated rings. The molecule has 37 heavy (non-hydrogen) atoms. The van der Waals surface area contributed by atoms with Gasteiger partial charge in [0.2, 0.25) is 0 Å². The lowest BCUT2D eigenvalue weighted by molar-refractivity contribution is -0.145. The van der Waals surface area contributed by atoms with Crippen molar-refractivity contribution >= 4 is 23.0 Å². The van der Waals surface area contributed by atoms with Crippen LogP contribution in [-0.2, 0) is 11.0 Å². The topological polar surface area (TPSA) is 90.3 Å². The number of hydrogen-bond acceptors (Lipinski definition) is 6. The molecule has 1 aromatic carbocycles. The van der Waals surface area contributed by atoms with Crippen LogP contribution in [0.2, 0.25) is 0 Å². The van der Waals surface area contributed by atoms with Crippen molar-refractivity contribution in [1.29, 1.82) is 5.41 Å². The van der Waals surface area contributed by atoms with E-state index < -0.39 is 54.2 Å². The van der Waals surface area contributed by atoms with Gasteiger partial charge in [-0.3, -0.25) is 10.2 Å². The second-order valence-electron chi connectivity index (χ2n) is 8.80. The van der Waals surface area contributed by atoms with Gasteiger partial charge in [-0.25, -0.2) is 13.8 Å². The summed E-state index contributed by atoms with van der Waals surface area (Å²) in [5.74, 6) is -4.14. The van der Waals surface area contributed by atoms with Gasteiger partial charge >= 0.3 is 6.18 Å². The Morgan fingerprint density at radius 2 is 2.03 bits per heavy atom. The first-order chi connectivity index (χ1) is 17.4. The number of halogens is 5. The number of benzene rings is 1. The molecule has 1 amide bonds. The Labute approximate surface area is 211 Å². The molecule has 1 saturated heterocycles. The molecule has 0 spiro atoms. The number of nitrogens with one attached hydrogen (secondary N) is 3. The largest absolute Gasteiger partial charge is 0.497 e. The summed E-state index contributed by atoms with van der Waals surface area (Å²) >= 11 is 0. The molecule has 0 saturated carbocycles. The first kappa shape index (κ1) is 27.9. The zero-order chi connectivity index (χ0) is 27.4. The Balaban J connectivity index is 1.85. The molecule has 0 aliphatic carbocycles. The first-order valence-corrected chi connectivity index (χ1v) is 11.4. The normalized spacial score (nSPS) is 19.8. The summed E-state index contributed by atoms with van der Waals surface area (Å²) in [5, 5.41) is 14.2. The van der Waals surface area contributed by atoms with Gasteiger partial charge in [-0.15, -0.1) is 0 Å². The molecular formula is C25H28F5N5O2. The minimum Gasteiger partial charge on any atom is -0.497 e. The number of amides is 1. The smallest absolute Gasteiger partial charge is 0.417 e. The number of ether oxygens (including phenoxy) is 1. The molecular weight excluding hydrogens is 497 g/mol. The van der Waals surface area contributed by atoms with Gasteiger partial charge in [-0.05, 0) is 35.7 Å². The monoisotopic (exact) mass is 525 g/mol. The number of piperidine rings is 1. The van der Waals surface area contributed by atoms with Crippen LogP contribution in [-0.4, -0.2) is 60.7 Å². The van der Waals surface area contributed by atoms with Gasteiger partial charge in [-0.1, -0.05) is 19.1 Å². The Bertz CT molecular complexity index is 1150. The minimum atomic E-state index is -4.54. The number of anilines is 1. The van der Waals surface area contributed by atoms with Gasteiger partial charge < -0.3 is 20.3 Å². The minimum absolute atomic E-state index is 0.0428. The molecule has 0 bridgehead atoms. The third-order valence-electron chi connectivity index (χ3n) is 6.08. The Morgan fingerprint density at radius 1 is 1.30 bits per heavy atom. The van der Waals surface area contributed by atoms with Crippen LogP contribution in [0.25, 0.3) is 5.57 Å². The number of likely N-dealkylation sites (tertiary alicyclic amines) is 1. The summed E-state index contributed by atoms with van der Waals surface area (Å²) in [6.07, 6.45) is -2.92. The lowest BCUT2D eigenvalue weighted by Gasteiger charge is -2.43. The van der Waals surface area contributed by atoms with Gasteiger partial charge in [0, 0.05) is 38.0 Å². The molecule has 0 unspecified atom stereocenters. The van der Waals surface area contributed by atoms with E-state index >= 15 is 0 Å². The maximum atomic E-state index is 14.5. The second kappa shape index (κ2) is 11.1. The predicted molar refractivity (Wildman–Crippen MR) is 130 cm³/mol. The van der Waals surface area contributed by atoms with Crippen molar-refractivity contribution in [2.75, 3.05) is 32.6 Å². The average Bonchev–Trinajstić information content (AvgIpc) is 2.84. The highest BCUT2D eigenvalue weighted by Gasteiger charge is 2.46. The summed E-state index contributed by atoms with van der Waals surface area (Å²) in [6.45, 7) is 0.630. The van der Waals surface area contributed by atoms with Crippen LogP contribution in [0.4, 0.5) is 27.8 Å². The van der Waals surface area contributed by atoms with E-state index in [1.54, 1.807) is 38.2 Å². The molecule has 0 radical (unpaired) electrons. The lowest BCUT2D eigenvalue weighted by atomic mass is 9.87. The number of alkyl halides is 5. The molecule has 12 heteroatoms. The maximum absolute atomic E-state index is 14.5. The highest BCUT2D eigenvalue weighted by Crippen LogP contribution is 2.35. The van der Waals surface area contributed by atoms with Crippen molar-refractivity contribution in [2.45, 2.75) is 31.5 Å². The average molecular weight is 526 g/mol. The fourth-order valence-electron chi connectivity index (χ4n) is 4.25. The zero-order valence-electron chi connectivity index (χ0n) is 20.5. The highest BCUT2D eigenvalue weighted by atomic mass is 19.4. The molecule has 200 valence electrons. The Kier molecular flexibility index (Phi) is 8.39. The van der Waals surface area contributed by atoms with E-state index in [1.165, 1.54) is 13.3 Å². The van der Waals surface area contributed by atoms with E-state index in [0.29, 0.717) is 17.5 Å². The van der Waals surface area contributed by atoms with E-state index in [2.05, 4.69) is 15.6 Å². The zero-order valence-corrected chi connectivity index (χ0v) is 20.5. The van der Waals surface area contributed by atoms with Gasteiger partial charge in [0.25, 0.3) is 11.8 Å². The van der Waals surface area contributed by atoms with Crippen molar-refractivity contribution in [1.82, 2.24) is 15.2 Å². The summed E-state index contributed by atoms with van der Waals surface area (Å²) in [4.78, 5) is 18.2. The quantitative estimate of drug-likeness (QED) is 0.344. The van der Waals surface area contributed by atoms with Gasteiger partial charge in [-0.2, -0.15) is 13.2 Å². The SMILES string of the molecule is CN/C=C(\C(=N)C(=O)N1CC(F)(F)C[C@@H](C)[C@H]1CNc1ccc(C(F)(F)F)cn1)c1cccc(OC)c1. The van der Waals surface area contributed by atoms with Crippen molar-refractivity contribution in [3.63, 3.8) is 0 Å². The van der Waals surface area contributed by atoms with Crippen molar-refractivity contribution in [3.05, 3.63) is 59.9 Å². The van der Waals surface area contributed by atoms with Gasteiger partial charge in [0.05, 0.1) is 25.3 Å². The molecule has 1 aliphatic heterocycles. The number of methoxy groups -OCH3 is 1. The molecule has 7 nitrogen and oxygen atoms in total. The predicted octanol–water partition coefficient (Wildman–Crippen LogP) is 4.67. The van der Waals surface area contributed by atoms with E-state index in [-0.39, 0.29) is 17.9 Å². The number of nitrogens with zero attached hydrogens (tertiary/aromatic N) is 2. The second-order valence-corrected chi connectivity index (χ2v) is 8.80. The van der Waals surface area contributed by atoms with Crippen molar-refractivity contribution in [3.8, 4) is 5.75 Å². The van der Waals surface area contributed by atoms with Crippen LogP contribution in [0, 0.1) is 11.3 Å². The lowest BCUT2D eigenvalue weighted by Crippen LogP contribution is -2.58. The van der Waals surface area contributed by atoms with Crippen LogP contribution in [0.5, 0.6) is 5.75 Å². The maximum Gasteiger partial charge on any atom is 0.417 e. The summed E-state index contributed by atoms with van der Waals surface area (Å²) in [6, 6.07) is 7.87. The molecule has 1 aromatic heterocycles. The fraction of sp³-hybridized carbons (Fsp3) is 0.400. The molecule has 3 rings (SSSR count). The highest BCUT2D eigenvalue weighted by molar-refractivity contribution is 6.54. The van der Waals surface area contributed by atoms with Gasteiger partial charge in [0.1, 0.15) is 17.3 Å². The molecule has 1 aliphatic rings. The summed E-state index contributed by atoms with van der Waals surface area (Å²) < 4.78 is 72.7. The summed E-state index contributed by atoms with van der Waals surface area (Å²) in [5.41, 5.74) is -0.753. The molecule has 2 aromatic rings. The van der Waals surface area contributed by atoms with E-state index in [1.807, 2.05) is 0 Å². The number of carbonyl (C=O) groups excluding carboxylic acids is 1.